The number of benzene rings is 1. The summed E-state index contributed by atoms with van der Waals surface area (Å²) in [5.74, 6) is 0.707. The molecule has 0 radical (unpaired) electrons. The van der Waals surface area contributed by atoms with Crippen LogP contribution in [0.4, 0.5) is 0 Å². The first-order valence-electron chi connectivity index (χ1n) is 12.9. The van der Waals surface area contributed by atoms with Crippen LogP contribution < -0.4 is 15.4 Å². The Labute approximate surface area is 215 Å². The summed E-state index contributed by atoms with van der Waals surface area (Å²) in [5.41, 5.74) is 0.449. The molecule has 37 heavy (non-hydrogen) atoms. The molecule has 0 unspecified atom stereocenters. The van der Waals surface area contributed by atoms with E-state index in [1.54, 1.807) is 29.4 Å². The predicted molar refractivity (Wildman–Crippen MR) is 134 cm³/mol. The fraction of sp³-hybridized carbons (Fsp3) is 0.538. The summed E-state index contributed by atoms with van der Waals surface area (Å²) in [4.78, 5) is 50.3. The minimum atomic E-state index is -0.703. The molecule has 0 saturated carbocycles. The Morgan fingerprint density at radius 2 is 2.05 bits per heavy atom. The number of rotatable bonds is 3. The van der Waals surface area contributed by atoms with Crippen LogP contribution >= 0.6 is 0 Å². The highest BCUT2D eigenvalue weighted by Gasteiger charge is 2.38. The van der Waals surface area contributed by atoms with E-state index in [2.05, 4.69) is 25.5 Å². The SMILES string of the molecule is CC(=O)N[C@@H]1CC[C@H]2CCOc3ccccc3C(=O)N3CCN(Cc4ncc[nH]4)C[C@H]3C(=O)NC[C@H]1O2. The van der Waals surface area contributed by atoms with E-state index in [9.17, 15) is 14.4 Å². The number of fused-ring (bicyclic) bond motifs is 4. The molecular weight excluding hydrogens is 476 g/mol. The largest absolute Gasteiger partial charge is 0.493 e. The highest BCUT2D eigenvalue weighted by molar-refractivity contribution is 6.00. The van der Waals surface area contributed by atoms with Gasteiger partial charge < -0.3 is 30.0 Å². The molecule has 3 N–H and O–H groups in total. The van der Waals surface area contributed by atoms with Gasteiger partial charge >= 0.3 is 0 Å². The Morgan fingerprint density at radius 1 is 1.19 bits per heavy atom. The fourth-order valence-corrected chi connectivity index (χ4v) is 5.38. The zero-order chi connectivity index (χ0) is 25.8. The number of imidazole rings is 1. The lowest BCUT2D eigenvalue weighted by Gasteiger charge is -2.41. The van der Waals surface area contributed by atoms with Crippen LogP contribution in [0.1, 0.15) is 42.4 Å². The van der Waals surface area contributed by atoms with Crippen molar-refractivity contribution >= 4 is 17.7 Å². The van der Waals surface area contributed by atoms with E-state index in [4.69, 9.17) is 9.47 Å². The Hall–Kier alpha value is -3.44. The number of ether oxygens (including phenoxy) is 2. The van der Waals surface area contributed by atoms with Gasteiger partial charge in [-0.3, -0.25) is 19.3 Å². The van der Waals surface area contributed by atoms with Gasteiger partial charge in [0.15, 0.2) is 0 Å². The van der Waals surface area contributed by atoms with Crippen molar-refractivity contribution < 1.29 is 23.9 Å². The lowest BCUT2D eigenvalue weighted by Crippen LogP contribution is -2.62. The average Bonchev–Trinajstić information content (AvgIpc) is 3.40. The molecule has 11 nitrogen and oxygen atoms in total. The molecule has 4 atom stereocenters. The summed E-state index contributed by atoms with van der Waals surface area (Å²) >= 11 is 0. The monoisotopic (exact) mass is 510 g/mol. The highest BCUT2D eigenvalue weighted by atomic mass is 16.5. The highest BCUT2D eigenvalue weighted by Crippen LogP contribution is 2.26. The summed E-state index contributed by atoms with van der Waals surface area (Å²) < 4.78 is 12.4. The lowest BCUT2D eigenvalue weighted by molar-refractivity contribution is -0.131. The maximum absolute atomic E-state index is 13.7. The van der Waals surface area contributed by atoms with Crippen LogP contribution in [0.2, 0.25) is 0 Å². The van der Waals surface area contributed by atoms with Crippen LogP contribution in [0.5, 0.6) is 5.75 Å². The average molecular weight is 511 g/mol. The first-order valence-corrected chi connectivity index (χ1v) is 12.9. The van der Waals surface area contributed by atoms with Gasteiger partial charge in [-0.15, -0.1) is 0 Å². The Kier molecular flexibility index (Phi) is 7.71. The molecular formula is C26H34N6O5. The molecule has 198 valence electrons. The van der Waals surface area contributed by atoms with Crippen LogP contribution in [0.15, 0.2) is 36.7 Å². The van der Waals surface area contributed by atoms with Gasteiger partial charge in [-0.2, -0.15) is 0 Å². The molecule has 0 aliphatic carbocycles. The maximum Gasteiger partial charge on any atom is 0.258 e. The second kappa shape index (κ2) is 11.3. The number of aromatic amines is 1. The van der Waals surface area contributed by atoms with Crippen molar-refractivity contribution in [1.29, 1.82) is 0 Å². The molecule has 3 amide bonds. The third kappa shape index (κ3) is 5.94. The van der Waals surface area contributed by atoms with Gasteiger partial charge in [-0.05, 0) is 25.0 Å². The summed E-state index contributed by atoms with van der Waals surface area (Å²) in [6.07, 6.45) is 5.21. The number of H-pyrrole nitrogens is 1. The third-order valence-corrected chi connectivity index (χ3v) is 7.25. The number of nitrogens with zero attached hydrogens (tertiary/aromatic N) is 3. The molecule has 3 aliphatic heterocycles. The number of amides is 3. The molecule has 2 bridgehead atoms. The Bertz CT molecular complexity index is 1110. The summed E-state index contributed by atoms with van der Waals surface area (Å²) in [7, 11) is 0. The van der Waals surface area contributed by atoms with Crippen LogP contribution in [0.25, 0.3) is 0 Å². The van der Waals surface area contributed by atoms with Crippen molar-refractivity contribution in [3.05, 3.63) is 48.0 Å². The molecule has 2 fully saturated rings. The van der Waals surface area contributed by atoms with E-state index in [1.165, 1.54) is 6.92 Å². The first-order chi connectivity index (χ1) is 18.0. The Morgan fingerprint density at radius 3 is 2.86 bits per heavy atom. The standard InChI is InChI=1S/C26H34N6O5/c1-17(33)30-20-7-6-18-8-13-36-22-5-3-2-4-19(22)26(35)32-12-11-31(16-24-27-9-10-28-24)15-21(32)25(34)29-14-23(20)37-18/h2-5,9-10,18,20-21,23H,6-8,11-16H2,1H3,(H,27,28)(H,29,34)(H,30,33)/t18-,20+,21-,23+/m0/s1. The van der Waals surface area contributed by atoms with Crippen LogP contribution in [-0.2, 0) is 20.9 Å². The van der Waals surface area contributed by atoms with Crippen LogP contribution in [0.3, 0.4) is 0 Å². The lowest BCUT2D eigenvalue weighted by atomic mass is 9.96. The number of carbonyl (C=O) groups excluding carboxylic acids is 3. The van der Waals surface area contributed by atoms with Gasteiger partial charge in [0.2, 0.25) is 11.8 Å². The number of piperazine rings is 1. The maximum atomic E-state index is 13.7. The van der Waals surface area contributed by atoms with Gasteiger partial charge in [-0.1, -0.05) is 12.1 Å². The number of hydrogen-bond acceptors (Lipinski definition) is 7. The quantitative estimate of drug-likeness (QED) is 0.554. The van der Waals surface area contributed by atoms with E-state index in [0.717, 1.165) is 18.7 Å². The normalized spacial score (nSPS) is 27.2. The molecule has 2 aromatic rings. The number of hydrogen-bond donors (Lipinski definition) is 3. The topological polar surface area (TPSA) is 129 Å². The molecule has 5 rings (SSSR count). The zero-order valence-corrected chi connectivity index (χ0v) is 21.0. The van der Waals surface area contributed by atoms with Crippen molar-refractivity contribution in [2.75, 3.05) is 32.8 Å². The molecule has 0 spiro atoms. The zero-order valence-electron chi connectivity index (χ0n) is 21.0. The summed E-state index contributed by atoms with van der Waals surface area (Å²) in [6.45, 7) is 4.05. The van der Waals surface area contributed by atoms with E-state index >= 15 is 0 Å². The molecule has 1 aromatic heterocycles. The van der Waals surface area contributed by atoms with Crippen molar-refractivity contribution in [3.8, 4) is 5.75 Å². The van der Waals surface area contributed by atoms with Crippen molar-refractivity contribution in [2.45, 2.75) is 57.0 Å². The molecule has 4 heterocycles. The predicted octanol–water partition coefficient (Wildman–Crippen LogP) is 0.687. The minimum Gasteiger partial charge on any atom is -0.493 e. The first kappa shape index (κ1) is 25.2. The van der Waals surface area contributed by atoms with Crippen molar-refractivity contribution in [2.24, 2.45) is 0 Å². The van der Waals surface area contributed by atoms with Crippen molar-refractivity contribution in [1.82, 2.24) is 30.4 Å². The van der Waals surface area contributed by atoms with Gasteiger partial charge in [-0.25, -0.2) is 4.98 Å². The summed E-state index contributed by atoms with van der Waals surface area (Å²) in [6, 6.07) is 6.29. The molecule has 2 saturated heterocycles. The van der Waals surface area contributed by atoms with Gasteiger partial charge in [0.05, 0.1) is 37.0 Å². The number of carbonyl (C=O) groups is 3. The van der Waals surface area contributed by atoms with Crippen LogP contribution in [-0.4, -0.2) is 94.6 Å². The minimum absolute atomic E-state index is 0.0623. The number of aromatic nitrogens is 2. The van der Waals surface area contributed by atoms with E-state index in [0.29, 0.717) is 50.5 Å². The van der Waals surface area contributed by atoms with Gasteiger partial charge in [0.25, 0.3) is 5.91 Å². The second-order valence-corrected chi connectivity index (χ2v) is 9.84. The van der Waals surface area contributed by atoms with Crippen LogP contribution in [0, 0.1) is 0 Å². The second-order valence-electron chi connectivity index (χ2n) is 9.84. The van der Waals surface area contributed by atoms with E-state index < -0.39 is 6.04 Å². The number of para-hydroxylation sites is 1. The van der Waals surface area contributed by atoms with Gasteiger partial charge in [0.1, 0.15) is 17.6 Å². The van der Waals surface area contributed by atoms with Gasteiger partial charge in [0, 0.05) is 51.9 Å². The fourth-order valence-electron chi connectivity index (χ4n) is 5.38. The molecule has 3 aliphatic rings. The van der Waals surface area contributed by atoms with E-state index in [-0.39, 0.29) is 42.5 Å². The smallest absolute Gasteiger partial charge is 0.258 e. The molecule has 11 heteroatoms. The molecule has 1 aromatic carbocycles. The Balaban J connectivity index is 1.41. The number of nitrogens with one attached hydrogen (secondary N) is 3. The summed E-state index contributed by atoms with van der Waals surface area (Å²) in [5, 5.41) is 5.99. The van der Waals surface area contributed by atoms with E-state index in [1.807, 2.05) is 12.1 Å². The third-order valence-electron chi connectivity index (χ3n) is 7.25. The van der Waals surface area contributed by atoms with Crippen molar-refractivity contribution in [3.63, 3.8) is 0 Å².